The number of imidazole rings is 1. The minimum atomic E-state index is 0.345. The molecule has 16 heavy (non-hydrogen) atoms. The van der Waals surface area contributed by atoms with Gasteiger partial charge in [0.1, 0.15) is 5.82 Å². The van der Waals surface area contributed by atoms with Crippen molar-refractivity contribution >= 4 is 0 Å². The zero-order valence-corrected chi connectivity index (χ0v) is 10.8. The van der Waals surface area contributed by atoms with Gasteiger partial charge in [-0.25, -0.2) is 4.98 Å². The highest BCUT2D eigenvalue weighted by Crippen LogP contribution is 2.32. The predicted octanol–water partition coefficient (Wildman–Crippen LogP) is 2.51. The van der Waals surface area contributed by atoms with Gasteiger partial charge in [-0.05, 0) is 31.6 Å². The maximum Gasteiger partial charge on any atom is 0.125 e. The molecule has 0 spiro atoms. The molecule has 0 amide bonds. The van der Waals surface area contributed by atoms with Gasteiger partial charge in [0.15, 0.2) is 0 Å². The first-order valence-electron chi connectivity index (χ1n) is 6.33. The second-order valence-corrected chi connectivity index (χ2v) is 5.30. The number of hydrogen-bond acceptors (Lipinski definition) is 2. The van der Waals surface area contributed by atoms with Gasteiger partial charge in [0.2, 0.25) is 0 Å². The molecular weight excluding hydrogens is 198 g/mol. The largest absolute Gasteiger partial charge is 0.337 e. The van der Waals surface area contributed by atoms with Crippen LogP contribution in [0.25, 0.3) is 0 Å². The lowest BCUT2D eigenvalue weighted by Gasteiger charge is -2.24. The van der Waals surface area contributed by atoms with E-state index in [4.69, 9.17) is 0 Å². The van der Waals surface area contributed by atoms with E-state index in [1.807, 2.05) is 12.4 Å². The quantitative estimate of drug-likeness (QED) is 0.850. The van der Waals surface area contributed by atoms with Crippen LogP contribution < -0.4 is 5.32 Å². The number of rotatable bonds is 3. The number of aromatic nitrogens is 2. The lowest BCUT2D eigenvalue weighted by Crippen LogP contribution is -2.35. The minimum absolute atomic E-state index is 0.345. The van der Waals surface area contributed by atoms with Crippen LogP contribution in [-0.4, -0.2) is 15.6 Å². The van der Waals surface area contributed by atoms with Gasteiger partial charge < -0.3 is 9.88 Å². The Balaban J connectivity index is 1.98. The molecule has 3 heteroatoms. The van der Waals surface area contributed by atoms with Crippen LogP contribution >= 0.6 is 0 Å². The lowest BCUT2D eigenvalue weighted by atomic mass is 9.97. The van der Waals surface area contributed by atoms with Gasteiger partial charge in [-0.3, -0.25) is 0 Å². The summed E-state index contributed by atoms with van der Waals surface area (Å²) in [7, 11) is 2.06. The van der Waals surface area contributed by atoms with Crippen LogP contribution in [0.4, 0.5) is 0 Å². The van der Waals surface area contributed by atoms with E-state index < -0.39 is 0 Å². The molecule has 1 heterocycles. The van der Waals surface area contributed by atoms with E-state index >= 15 is 0 Å². The zero-order chi connectivity index (χ0) is 11.7. The van der Waals surface area contributed by atoms with Crippen LogP contribution in [0.5, 0.6) is 0 Å². The van der Waals surface area contributed by atoms with Crippen molar-refractivity contribution in [3.63, 3.8) is 0 Å². The molecule has 4 atom stereocenters. The van der Waals surface area contributed by atoms with Gasteiger partial charge >= 0.3 is 0 Å². The van der Waals surface area contributed by atoms with Crippen LogP contribution in [0.3, 0.4) is 0 Å². The van der Waals surface area contributed by atoms with Crippen molar-refractivity contribution in [1.82, 2.24) is 14.9 Å². The van der Waals surface area contributed by atoms with Gasteiger partial charge in [-0.2, -0.15) is 0 Å². The van der Waals surface area contributed by atoms with Crippen LogP contribution in [-0.2, 0) is 7.05 Å². The summed E-state index contributed by atoms with van der Waals surface area (Å²) in [5.74, 6) is 2.76. The van der Waals surface area contributed by atoms with E-state index in [9.17, 15) is 0 Å². The van der Waals surface area contributed by atoms with Crippen molar-refractivity contribution < 1.29 is 0 Å². The molecule has 1 aliphatic carbocycles. The third-order valence-corrected chi connectivity index (χ3v) is 4.18. The molecule has 1 fully saturated rings. The number of aryl methyl sites for hydroxylation is 1. The summed E-state index contributed by atoms with van der Waals surface area (Å²) in [5, 5.41) is 3.72. The van der Waals surface area contributed by atoms with Crippen molar-refractivity contribution in [2.75, 3.05) is 0 Å². The number of hydrogen-bond donors (Lipinski definition) is 1. The molecule has 0 aromatic carbocycles. The highest BCUT2D eigenvalue weighted by molar-refractivity contribution is 4.99. The fraction of sp³-hybridized carbons (Fsp3) is 0.769. The van der Waals surface area contributed by atoms with Gasteiger partial charge in [-0.1, -0.05) is 13.8 Å². The third-order valence-electron chi connectivity index (χ3n) is 4.18. The number of nitrogens with one attached hydrogen (secondary N) is 1. The first-order valence-corrected chi connectivity index (χ1v) is 6.33. The molecule has 4 unspecified atom stereocenters. The van der Waals surface area contributed by atoms with Crippen LogP contribution in [0.15, 0.2) is 12.4 Å². The Hall–Kier alpha value is -0.830. The highest BCUT2D eigenvalue weighted by atomic mass is 15.1. The molecule has 0 aliphatic heterocycles. The average Bonchev–Trinajstić information content (AvgIpc) is 2.79. The van der Waals surface area contributed by atoms with Crippen molar-refractivity contribution in [2.45, 2.75) is 45.7 Å². The smallest absolute Gasteiger partial charge is 0.125 e. The predicted molar refractivity (Wildman–Crippen MR) is 66.1 cm³/mol. The Morgan fingerprint density at radius 1 is 1.44 bits per heavy atom. The number of nitrogens with zero attached hydrogens (tertiary/aromatic N) is 2. The maximum absolute atomic E-state index is 4.40. The van der Waals surface area contributed by atoms with E-state index in [1.54, 1.807) is 0 Å². The van der Waals surface area contributed by atoms with E-state index in [0.717, 1.165) is 17.7 Å². The highest BCUT2D eigenvalue weighted by Gasteiger charge is 2.30. The van der Waals surface area contributed by atoms with Crippen LogP contribution in [0.1, 0.15) is 45.5 Å². The molecule has 3 nitrogen and oxygen atoms in total. The molecule has 0 saturated heterocycles. The Morgan fingerprint density at radius 2 is 2.19 bits per heavy atom. The van der Waals surface area contributed by atoms with Gasteiger partial charge in [0, 0.05) is 25.5 Å². The molecule has 2 rings (SSSR count). The van der Waals surface area contributed by atoms with Gasteiger partial charge in [0.25, 0.3) is 0 Å². The minimum Gasteiger partial charge on any atom is -0.337 e. The third kappa shape index (κ3) is 2.14. The molecule has 0 bridgehead atoms. The topological polar surface area (TPSA) is 29.9 Å². The summed E-state index contributed by atoms with van der Waals surface area (Å²) in [6.07, 6.45) is 6.53. The summed E-state index contributed by atoms with van der Waals surface area (Å²) in [6, 6.07) is 0.999. The summed E-state index contributed by atoms with van der Waals surface area (Å²) >= 11 is 0. The second kappa shape index (κ2) is 4.58. The molecule has 90 valence electrons. The average molecular weight is 221 g/mol. The van der Waals surface area contributed by atoms with Gasteiger partial charge in [-0.15, -0.1) is 0 Å². The SMILES string of the molecule is CC(NC1CCC(C)C1C)c1nccn1C. The molecular formula is C13H23N3. The summed E-state index contributed by atoms with van der Waals surface area (Å²) < 4.78 is 2.10. The fourth-order valence-electron chi connectivity index (χ4n) is 2.79. The van der Waals surface area contributed by atoms with Crippen molar-refractivity contribution in [1.29, 1.82) is 0 Å². The normalized spacial score (nSPS) is 31.9. The first-order chi connectivity index (χ1) is 7.59. The van der Waals surface area contributed by atoms with E-state index in [1.165, 1.54) is 12.8 Å². The van der Waals surface area contributed by atoms with Crippen LogP contribution in [0.2, 0.25) is 0 Å². The Labute approximate surface area is 98.3 Å². The maximum atomic E-state index is 4.40. The Kier molecular flexibility index (Phi) is 3.33. The standard InChI is InChI=1S/C13H23N3/c1-9-5-6-12(10(9)2)15-11(3)13-14-7-8-16(13)4/h7-12,15H,5-6H2,1-4H3. The first kappa shape index (κ1) is 11.6. The van der Waals surface area contributed by atoms with Crippen molar-refractivity contribution in [3.8, 4) is 0 Å². The van der Waals surface area contributed by atoms with E-state index in [0.29, 0.717) is 12.1 Å². The zero-order valence-electron chi connectivity index (χ0n) is 10.8. The van der Waals surface area contributed by atoms with Crippen molar-refractivity contribution in [3.05, 3.63) is 18.2 Å². The molecule has 1 aromatic rings. The molecule has 1 N–H and O–H groups in total. The van der Waals surface area contributed by atoms with Crippen LogP contribution in [0, 0.1) is 11.8 Å². The second-order valence-electron chi connectivity index (χ2n) is 5.30. The summed E-state index contributed by atoms with van der Waals surface area (Å²) in [4.78, 5) is 4.40. The summed E-state index contributed by atoms with van der Waals surface area (Å²) in [5.41, 5.74) is 0. The molecule has 0 radical (unpaired) electrons. The summed E-state index contributed by atoms with van der Waals surface area (Å²) in [6.45, 7) is 6.93. The van der Waals surface area contributed by atoms with Gasteiger partial charge in [0.05, 0.1) is 6.04 Å². The monoisotopic (exact) mass is 221 g/mol. The molecule has 1 aromatic heterocycles. The Bertz CT molecular complexity index is 345. The van der Waals surface area contributed by atoms with E-state index in [-0.39, 0.29) is 0 Å². The Morgan fingerprint density at radius 3 is 2.69 bits per heavy atom. The van der Waals surface area contributed by atoms with Crippen molar-refractivity contribution in [2.24, 2.45) is 18.9 Å². The lowest BCUT2D eigenvalue weighted by molar-refractivity contribution is 0.340. The fourth-order valence-corrected chi connectivity index (χ4v) is 2.79. The van der Waals surface area contributed by atoms with E-state index in [2.05, 4.69) is 42.7 Å². The molecule has 1 saturated carbocycles. The molecule has 1 aliphatic rings.